The fourth-order valence-electron chi connectivity index (χ4n) is 4.33. The van der Waals surface area contributed by atoms with Crippen LogP contribution < -0.4 is 0 Å². The maximum absolute atomic E-state index is 12.6. The summed E-state index contributed by atoms with van der Waals surface area (Å²) in [6.45, 7) is 1.40. The summed E-state index contributed by atoms with van der Waals surface area (Å²) in [6.07, 6.45) is 1.76. The maximum Gasteiger partial charge on any atom is 0.278 e. The van der Waals surface area contributed by atoms with Crippen LogP contribution in [-0.4, -0.2) is 48.4 Å². The van der Waals surface area contributed by atoms with Crippen molar-refractivity contribution < 1.29 is 14.1 Å². The monoisotopic (exact) mass is 426 g/mol. The van der Waals surface area contributed by atoms with Crippen molar-refractivity contribution in [2.45, 2.75) is 19.6 Å². The lowest BCUT2D eigenvalue weighted by atomic mass is 10.1. The number of rotatable bonds is 3. The van der Waals surface area contributed by atoms with Gasteiger partial charge in [0.25, 0.3) is 17.7 Å². The van der Waals surface area contributed by atoms with Gasteiger partial charge in [0.2, 0.25) is 0 Å². The fraction of sp³-hybridized carbons (Fsp3) is 0.174. The van der Waals surface area contributed by atoms with E-state index in [1.54, 1.807) is 30.6 Å². The van der Waals surface area contributed by atoms with Crippen molar-refractivity contribution in [2.24, 2.45) is 0 Å². The van der Waals surface area contributed by atoms with Gasteiger partial charge in [0, 0.05) is 13.1 Å². The number of carbonyl (C=O) groups is 2. The first-order chi connectivity index (χ1) is 15.6. The Labute approximate surface area is 182 Å². The van der Waals surface area contributed by atoms with E-state index >= 15 is 0 Å². The van der Waals surface area contributed by atoms with Crippen LogP contribution in [0.2, 0.25) is 0 Å². The number of imide groups is 1. The van der Waals surface area contributed by atoms with Gasteiger partial charge in [0.15, 0.2) is 11.5 Å². The fourth-order valence-corrected chi connectivity index (χ4v) is 4.33. The van der Waals surface area contributed by atoms with Crippen molar-refractivity contribution in [3.8, 4) is 17.3 Å². The predicted octanol–water partition coefficient (Wildman–Crippen LogP) is 2.66. The normalized spacial score (nSPS) is 15.5. The molecular weight excluding hydrogens is 408 g/mol. The van der Waals surface area contributed by atoms with Crippen LogP contribution >= 0.6 is 0 Å². The molecule has 9 nitrogen and oxygen atoms in total. The Morgan fingerprint density at radius 3 is 2.47 bits per heavy atom. The highest BCUT2D eigenvalue weighted by Crippen LogP contribution is 2.30. The average molecular weight is 426 g/mol. The van der Waals surface area contributed by atoms with Gasteiger partial charge < -0.3 is 9.09 Å². The minimum absolute atomic E-state index is 0.0609. The SMILES string of the molecule is CN1Cc2ccccc2-n2cnc(-c3nc(CN4C(=O)c5ccccc5C4=O)no3)c2C1. The van der Waals surface area contributed by atoms with Gasteiger partial charge in [-0.25, -0.2) is 4.98 Å². The number of aromatic nitrogens is 4. The zero-order chi connectivity index (χ0) is 21.8. The molecule has 2 aromatic heterocycles. The number of amides is 2. The van der Waals surface area contributed by atoms with Crippen molar-refractivity contribution in [3.63, 3.8) is 0 Å². The Balaban J connectivity index is 1.32. The molecule has 0 spiro atoms. The Kier molecular flexibility index (Phi) is 4.05. The van der Waals surface area contributed by atoms with E-state index < -0.39 is 0 Å². The number of hydrogen-bond acceptors (Lipinski definition) is 7. The van der Waals surface area contributed by atoms with Crippen LogP contribution in [0.5, 0.6) is 0 Å². The van der Waals surface area contributed by atoms with Gasteiger partial charge in [-0.2, -0.15) is 4.98 Å². The molecule has 0 bridgehead atoms. The summed E-state index contributed by atoms with van der Waals surface area (Å²) < 4.78 is 7.54. The number of para-hydroxylation sites is 1. The highest BCUT2D eigenvalue weighted by atomic mass is 16.5. The third kappa shape index (κ3) is 2.78. The summed E-state index contributed by atoms with van der Waals surface area (Å²) in [5.74, 6) is -0.200. The summed E-state index contributed by atoms with van der Waals surface area (Å²) >= 11 is 0. The van der Waals surface area contributed by atoms with E-state index in [0.717, 1.165) is 22.8 Å². The zero-order valence-electron chi connectivity index (χ0n) is 17.2. The standard InChI is InChI=1S/C23H18N6O3/c1-27-10-14-6-2-5-9-17(14)29-13-24-20(18(29)11-27)21-25-19(26-32-21)12-28-22(30)15-7-3-4-8-16(15)23(28)31/h2-9,13H,10-12H2,1H3. The first-order valence-corrected chi connectivity index (χ1v) is 10.2. The van der Waals surface area contributed by atoms with Crippen LogP contribution in [0.15, 0.2) is 59.4 Å². The van der Waals surface area contributed by atoms with E-state index in [2.05, 4.69) is 32.2 Å². The largest absolute Gasteiger partial charge is 0.332 e. The number of fused-ring (bicyclic) bond motifs is 4. The van der Waals surface area contributed by atoms with E-state index in [4.69, 9.17) is 4.52 Å². The summed E-state index contributed by atoms with van der Waals surface area (Å²) in [7, 11) is 2.05. The van der Waals surface area contributed by atoms with E-state index in [9.17, 15) is 9.59 Å². The molecule has 0 aliphatic carbocycles. The maximum atomic E-state index is 12.6. The van der Waals surface area contributed by atoms with Crippen LogP contribution in [0.25, 0.3) is 17.3 Å². The smallest absolute Gasteiger partial charge is 0.278 e. The van der Waals surface area contributed by atoms with Crippen LogP contribution in [0.1, 0.15) is 37.8 Å². The van der Waals surface area contributed by atoms with Crippen molar-refractivity contribution in [2.75, 3.05) is 7.05 Å². The molecule has 0 fully saturated rings. The number of imidazole rings is 1. The molecule has 32 heavy (non-hydrogen) atoms. The lowest BCUT2D eigenvalue weighted by Gasteiger charge is -2.13. The third-order valence-corrected chi connectivity index (χ3v) is 5.83. The second-order valence-corrected chi connectivity index (χ2v) is 7.97. The first-order valence-electron chi connectivity index (χ1n) is 10.2. The summed E-state index contributed by atoms with van der Waals surface area (Å²) in [6, 6.07) is 15.0. The van der Waals surface area contributed by atoms with Gasteiger partial charge in [-0.15, -0.1) is 0 Å². The molecule has 2 amide bonds. The van der Waals surface area contributed by atoms with Crippen molar-refractivity contribution in [1.29, 1.82) is 0 Å². The first kappa shape index (κ1) is 18.6. The molecule has 2 aromatic carbocycles. The number of benzene rings is 2. The highest BCUT2D eigenvalue weighted by Gasteiger charge is 2.36. The Morgan fingerprint density at radius 1 is 0.969 bits per heavy atom. The molecule has 6 rings (SSSR count). The van der Waals surface area contributed by atoms with Crippen molar-refractivity contribution in [1.82, 2.24) is 29.5 Å². The third-order valence-electron chi connectivity index (χ3n) is 5.83. The molecule has 4 heterocycles. The van der Waals surface area contributed by atoms with Crippen molar-refractivity contribution >= 4 is 11.8 Å². The minimum Gasteiger partial charge on any atom is -0.332 e. The molecule has 2 aliphatic rings. The van der Waals surface area contributed by atoms with Gasteiger partial charge in [-0.05, 0) is 30.8 Å². The molecule has 0 unspecified atom stereocenters. The summed E-state index contributed by atoms with van der Waals surface area (Å²) in [5, 5.41) is 4.01. The van der Waals surface area contributed by atoms with Crippen LogP contribution in [0, 0.1) is 0 Å². The average Bonchev–Trinajstić information content (AvgIpc) is 3.46. The van der Waals surface area contributed by atoms with Gasteiger partial charge in [-0.1, -0.05) is 35.5 Å². The molecule has 4 aromatic rings. The molecule has 0 atom stereocenters. The van der Waals surface area contributed by atoms with Gasteiger partial charge >= 0.3 is 0 Å². The zero-order valence-corrected chi connectivity index (χ0v) is 17.2. The molecule has 0 saturated heterocycles. The summed E-state index contributed by atoms with van der Waals surface area (Å²) in [5.41, 5.74) is 4.58. The minimum atomic E-state index is -0.356. The molecule has 2 aliphatic heterocycles. The lowest BCUT2D eigenvalue weighted by molar-refractivity contribution is 0.0637. The van der Waals surface area contributed by atoms with Gasteiger partial charge in [-0.3, -0.25) is 19.4 Å². The molecule has 158 valence electrons. The molecule has 9 heteroatoms. The topological polar surface area (TPSA) is 97.4 Å². The van der Waals surface area contributed by atoms with E-state index in [1.807, 2.05) is 23.7 Å². The molecular formula is C23H18N6O3. The quantitative estimate of drug-likeness (QED) is 0.465. The number of carbonyl (C=O) groups excluding carboxylic acids is 2. The van der Waals surface area contributed by atoms with Crippen LogP contribution in [0.4, 0.5) is 0 Å². The Morgan fingerprint density at radius 2 is 1.69 bits per heavy atom. The number of nitrogens with zero attached hydrogens (tertiary/aromatic N) is 6. The Hall–Kier alpha value is -4.11. The Bertz CT molecular complexity index is 1350. The second kappa shape index (κ2) is 6.96. The van der Waals surface area contributed by atoms with Crippen LogP contribution in [-0.2, 0) is 19.6 Å². The lowest BCUT2D eigenvalue weighted by Crippen LogP contribution is -2.29. The molecule has 0 N–H and O–H groups in total. The van der Waals surface area contributed by atoms with E-state index in [1.165, 1.54) is 5.56 Å². The molecule has 0 radical (unpaired) electrons. The van der Waals surface area contributed by atoms with Crippen molar-refractivity contribution in [3.05, 3.63) is 83.1 Å². The van der Waals surface area contributed by atoms with Crippen LogP contribution in [0.3, 0.4) is 0 Å². The van der Waals surface area contributed by atoms with Gasteiger partial charge in [0.05, 0.1) is 29.1 Å². The van der Waals surface area contributed by atoms with E-state index in [0.29, 0.717) is 23.4 Å². The van der Waals surface area contributed by atoms with E-state index in [-0.39, 0.29) is 30.1 Å². The number of hydrogen-bond donors (Lipinski definition) is 0. The molecule has 0 saturated carbocycles. The predicted molar refractivity (Wildman–Crippen MR) is 113 cm³/mol. The highest BCUT2D eigenvalue weighted by molar-refractivity contribution is 6.21. The summed E-state index contributed by atoms with van der Waals surface area (Å²) in [4.78, 5) is 37.6. The second-order valence-electron chi connectivity index (χ2n) is 7.97. The van der Waals surface area contributed by atoms with Gasteiger partial charge in [0.1, 0.15) is 6.33 Å².